The van der Waals surface area contributed by atoms with E-state index in [0.29, 0.717) is 11.1 Å². The molecule has 3 nitrogen and oxygen atoms in total. The molecule has 124 valence electrons. The molecule has 3 heteroatoms. The molecule has 3 aromatic rings. The Morgan fingerprint density at radius 2 is 1.44 bits per heavy atom. The third kappa shape index (κ3) is 3.12. The van der Waals surface area contributed by atoms with Crippen molar-refractivity contribution in [1.82, 2.24) is 0 Å². The highest BCUT2D eigenvalue weighted by atomic mass is 16.9. The summed E-state index contributed by atoms with van der Waals surface area (Å²) in [6.07, 6.45) is -0.431. The average Bonchev–Trinajstić information content (AvgIpc) is 2.66. The molecule has 0 aromatic heterocycles. The lowest BCUT2D eigenvalue weighted by Gasteiger charge is -2.33. The summed E-state index contributed by atoms with van der Waals surface area (Å²) in [5, 5.41) is 0. The molecule has 1 aliphatic rings. The second kappa shape index (κ2) is 6.63. The van der Waals surface area contributed by atoms with Gasteiger partial charge in [0.2, 0.25) is 0 Å². The van der Waals surface area contributed by atoms with Gasteiger partial charge >= 0.3 is 0 Å². The van der Waals surface area contributed by atoms with Crippen molar-refractivity contribution in [3.8, 4) is 11.1 Å². The molecule has 4 rings (SSSR count). The minimum Gasteiger partial charge on any atom is -0.320 e. The van der Waals surface area contributed by atoms with Gasteiger partial charge in [-0.3, -0.25) is 4.79 Å². The fourth-order valence-corrected chi connectivity index (χ4v) is 3.01. The fraction of sp³-hybridized carbons (Fsp3) is 0.136. The number of hydrogen-bond acceptors (Lipinski definition) is 3. The van der Waals surface area contributed by atoms with Gasteiger partial charge in [0.05, 0.1) is 0 Å². The van der Waals surface area contributed by atoms with E-state index in [-0.39, 0.29) is 18.4 Å². The molecule has 0 atom stereocenters. The van der Waals surface area contributed by atoms with Crippen molar-refractivity contribution in [1.29, 1.82) is 0 Å². The van der Waals surface area contributed by atoms with E-state index in [1.54, 1.807) is 0 Å². The fourth-order valence-electron chi connectivity index (χ4n) is 3.01. The quantitative estimate of drug-likeness (QED) is 0.633. The van der Waals surface area contributed by atoms with Crippen LogP contribution >= 0.6 is 0 Å². The Morgan fingerprint density at radius 1 is 0.800 bits per heavy atom. The lowest BCUT2D eigenvalue weighted by Crippen LogP contribution is -2.31. The Kier molecular flexibility index (Phi) is 4.18. The number of ketones is 1. The van der Waals surface area contributed by atoms with Gasteiger partial charge in [0, 0.05) is 16.7 Å². The molecule has 0 bridgehead atoms. The van der Waals surface area contributed by atoms with E-state index < -0.39 is 0 Å². The summed E-state index contributed by atoms with van der Waals surface area (Å²) >= 11 is 0. The van der Waals surface area contributed by atoms with Crippen LogP contribution in [-0.4, -0.2) is 12.1 Å². The maximum atomic E-state index is 12.9. The van der Waals surface area contributed by atoms with Crippen molar-refractivity contribution >= 4 is 5.78 Å². The molecule has 0 radical (unpaired) electrons. The van der Waals surface area contributed by atoms with Crippen LogP contribution in [0.5, 0.6) is 0 Å². The van der Waals surface area contributed by atoms with Crippen LogP contribution in [0, 0.1) is 0 Å². The molecule has 1 aliphatic heterocycles. The SMILES string of the molecule is CC1OC(c2ccc(-c3ccccc3C(=O)c3ccccc3)cc2)O1. The lowest BCUT2D eigenvalue weighted by molar-refractivity contribution is -0.382. The lowest BCUT2D eigenvalue weighted by atomic mass is 9.93. The molecule has 0 N–H and O–H groups in total. The Morgan fingerprint density at radius 3 is 2.12 bits per heavy atom. The normalized spacial score (nSPS) is 19.2. The van der Waals surface area contributed by atoms with E-state index >= 15 is 0 Å². The predicted octanol–water partition coefficient (Wildman–Crippen LogP) is 4.98. The summed E-state index contributed by atoms with van der Waals surface area (Å²) in [6.45, 7) is 1.87. The molecule has 0 spiro atoms. The van der Waals surface area contributed by atoms with Gasteiger partial charge < -0.3 is 9.47 Å². The van der Waals surface area contributed by atoms with E-state index in [1.165, 1.54) is 0 Å². The second-order valence-corrected chi connectivity index (χ2v) is 6.03. The van der Waals surface area contributed by atoms with Gasteiger partial charge in [0.1, 0.15) is 0 Å². The van der Waals surface area contributed by atoms with Crippen molar-refractivity contribution in [2.24, 2.45) is 0 Å². The molecule has 0 aliphatic carbocycles. The minimum atomic E-state index is -0.287. The van der Waals surface area contributed by atoms with Crippen molar-refractivity contribution in [2.45, 2.75) is 19.5 Å². The zero-order chi connectivity index (χ0) is 17.2. The third-order valence-corrected chi connectivity index (χ3v) is 4.33. The number of rotatable bonds is 4. The monoisotopic (exact) mass is 330 g/mol. The Labute approximate surface area is 146 Å². The largest absolute Gasteiger partial charge is 0.320 e. The Bertz CT molecular complexity index is 879. The van der Waals surface area contributed by atoms with Gasteiger partial charge in [0.25, 0.3) is 0 Å². The van der Waals surface area contributed by atoms with Gasteiger partial charge in [-0.15, -0.1) is 0 Å². The molecule has 0 amide bonds. The molecule has 0 saturated carbocycles. The first-order chi connectivity index (χ1) is 12.2. The number of carbonyl (C=O) groups is 1. The highest BCUT2D eigenvalue weighted by Crippen LogP contribution is 2.33. The topological polar surface area (TPSA) is 35.5 Å². The summed E-state index contributed by atoms with van der Waals surface area (Å²) in [5.41, 5.74) is 4.29. The molecular formula is C22H18O3. The van der Waals surface area contributed by atoms with E-state index in [2.05, 4.69) is 0 Å². The second-order valence-electron chi connectivity index (χ2n) is 6.03. The van der Waals surface area contributed by atoms with E-state index in [1.807, 2.05) is 85.8 Å². The van der Waals surface area contributed by atoms with Crippen LogP contribution in [0.25, 0.3) is 11.1 Å². The zero-order valence-corrected chi connectivity index (χ0v) is 13.9. The molecule has 1 fully saturated rings. The molecule has 1 heterocycles. The van der Waals surface area contributed by atoms with Crippen LogP contribution in [0.15, 0.2) is 78.9 Å². The standard InChI is InChI=1S/C22H18O3/c1-15-24-22(25-15)18-13-11-16(12-14-18)19-9-5-6-10-20(19)21(23)17-7-3-2-4-8-17/h2-15,22H,1H3. The Hall–Kier alpha value is -2.75. The molecule has 25 heavy (non-hydrogen) atoms. The Balaban J connectivity index is 1.66. The average molecular weight is 330 g/mol. The summed E-state index contributed by atoms with van der Waals surface area (Å²) in [5.74, 6) is 0.0276. The van der Waals surface area contributed by atoms with Crippen LogP contribution in [-0.2, 0) is 9.47 Å². The number of benzene rings is 3. The van der Waals surface area contributed by atoms with Crippen LogP contribution in [0.2, 0.25) is 0 Å². The predicted molar refractivity (Wildman–Crippen MR) is 96.1 cm³/mol. The van der Waals surface area contributed by atoms with Crippen molar-refractivity contribution in [2.75, 3.05) is 0 Å². The van der Waals surface area contributed by atoms with Crippen LogP contribution in [0.4, 0.5) is 0 Å². The van der Waals surface area contributed by atoms with Crippen LogP contribution in [0.3, 0.4) is 0 Å². The zero-order valence-electron chi connectivity index (χ0n) is 13.9. The van der Waals surface area contributed by atoms with Crippen molar-refractivity contribution < 1.29 is 14.3 Å². The van der Waals surface area contributed by atoms with Gasteiger partial charge in [-0.25, -0.2) is 0 Å². The smallest absolute Gasteiger partial charge is 0.193 e. The van der Waals surface area contributed by atoms with Crippen LogP contribution in [0.1, 0.15) is 34.7 Å². The molecule has 1 saturated heterocycles. The number of carbonyl (C=O) groups excluding carboxylic acids is 1. The first-order valence-corrected chi connectivity index (χ1v) is 8.32. The van der Waals surface area contributed by atoms with E-state index in [9.17, 15) is 4.79 Å². The highest BCUT2D eigenvalue weighted by Gasteiger charge is 2.28. The summed E-state index contributed by atoms with van der Waals surface area (Å²) in [7, 11) is 0. The number of hydrogen-bond donors (Lipinski definition) is 0. The van der Waals surface area contributed by atoms with Crippen molar-refractivity contribution in [3.05, 3.63) is 95.6 Å². The van der Waals surface area contributed by atoms with Crippen molar-refractivity contribution in [3.63, 3.8) is 0 Å². The molecular weight excluding hydrogens is 312 g/mol. The number of ether oxygens (including phenoxy) is 2. The van der Waals surface area contributed by atoms with E-state index in [0.717, 1.165) is 16.7 Å². The highest BCUT2D eigenvalue weighted by molar-refractivity contribution is 6.12. The maximum Gasteiger partial charge on any atom is 0.193 e. The maximum absolute atomic E-state index is 12.9. The van der Waals surface area contributed by atoms with Gasteiger partial charge in [-0.1, -0.05) is 78.9 Å². The molecule has 0 unspecified atom stereocenters. The van der Waals surface area contributed by atoms with Gasteiger partial charge in [-0.2, -0.15) is 0 Å². The van der Waals surface area contributed by atoms with Gasteiger partial charge in [-0.05, 0) is 18.1 Å². The summed E-state index contributed by atoms with van der Waals surface area (Å²) in [4.78, 5) is 12.9. The first kappa shape index (κ1) is 15.8. The summed E-state index contributed by atoms with van der Waals surface area (Å²) < 4.78 is 11.0. The van der Waals surface area contributed by atoms with Crippen LogP contribution < -0.4 is 0 Å². The third-order valence-electron chi connectivity index (χ3n) is 4.33. The summed E-state index contributed by atoms with van der Waals surface area (Å²) in [6, 6.07) is 25.0. The minimum absolute atomic E-state index is 0.0276. The van der Waals surface area contributed by atoms with E-state index in [4.69, 9.17) is 9.47 Å². The first-order valence-electron chi connectivity index (χ1n) is 8.32. The molecule has 3 aromatic carbocycles. The van der Waals surface area contributed by atoms with Gasteiger partial charge in [0.15, 0.2) is 18.4 Å².